The molecule has 2 saturated carbocycles. The molecule has 0 aromatic carbocycles. The number of hydrogen-bond donors (Lipinski definition) is 0. The molecule has 2 aliphatic carbocycles. The molecule has 0 atom stereocenters. The van der Waals surface area contributed by atoms with Crippen LogP contribution in [-0.4, -0.2) is 0 Å². The molecule has 0 aliphatic heterocycles. The normalized spacial score (nSPS) is 30.2. The Kier molecular flexibility index (Phi) is 3.66. The van der Waals surface area contributed by atoms with Crippen molar-refractivity contribution in [1.29, 1.82) is 0 Å². The highest BCUT2D eigenvalue weighted by atomic mass is 14.4. The lowest BCUT2D eigenvalue weighted by molar-refractivity contribution is 0.0837. The Hall–Kier alpha value is 0. The van der Waals surface area contributed by atoms with E-state index in [1.807, 2.05) is 0 Å². The van der Waals surface area contributed by atoms with Crippen LogP contribution in [0.1, 0.15) is 85.0 Å². The fourth-order valence-corrected chi connectivity index (χ4v) is 3.82. The average Bonchev–Trinajstić information content (AvgIpc) is 2.25. The van der Waals surface area contributed by atoms with Crippen LogP contribution < -0.4 is 0 Å². The lowest BCUT2D eigenvalue weighted by Gasteiger charge is -2.43. The monoisotopic (exact) mass is 222 g/mol. The summed E-state index contributed by atoms with van der Waals surface area (Å²) in [5.41, 5.74) is 1.32. The van der Waals surface area contributed by atoms with E-state index in [1.165, 1.54) is 64.2 Å². The van der Waals surface area contributed by atoms with E-state index < -0.39 is 0 Å². The summed E-state index contributed by atoms with van der Waals surface area (Å²) >= 11 is 0. The van der Waals surface area contributed by atoms with E-state index in [0.717, 1.165) is 5.92 Å². The van der Waals surface area contributed by atoms with Crippen molar-refractivity contribution in [2.75, 3.05) is 0 Å². The zero-order valence-corrected chi connectivity index (χ0v) is 11.6. The molecule has 0 heterocycles. The highest BCUT2D eigenvalue weighted by molar-refractivity contribution is 4.88. The quantitative estimate of drug-likeness (QED) is 0.573. The fraction of sp³-hybridized carbons (Fsp3) is 1.00. The first-order chi connectivity index (χ1) is 7.49. The van der Waals surface area contributed by atoms with Gasteiger partial charge in [-0.15, -0.1) is 0 Å². The Morgan fingerprint density at radius 3 is 1.94 bits per heavy atom. The molecular weight excluding hydrogens is 192 g/mol. The fourth-order valence-electron chi connectivity index (χ4n) is 3.82. The molecule has 0 saturated heterocycles. The van der Waals surface area contributed by atoms with E-state index in [2.05, 4.69) is 20.8 Å². The molecule has 0 aromatic heterocycles. The molecule has 0 aromatic rings. The zero-order chi connectivity index (χ0) is 11.6. The van der Waals surface area contributed by atoms with Gasteiger partial charge in [0.2, 0.25) is 0 Å². The van der Waals surface area contributed by atoms with E-state index in [-0.39, 0.29) is 0 Å². The smallest absolute Gasteiger partial charge is 0.0323 e. The largest absolute Gasteiger partial charge is 0.0599 e. The van der Waals surface area contributed by atoms with Crippen molar-refractivity contribution >= 4 is 0 Å². The molecule has 0 amide bonds. The Morgan fingerprint density at radius 1 is 0.812 bits per heavy atom. The first kappa shape index (κ1) is 12.5. The summed E-state index contributed by atoms with van der Waals surface area (Å²) in [6.07, 6.45) is 15.0. The van der Waals surface area contributed by atoms with Crippen molar-refractivity contribution in [2.45, 2.75) is 85.0 Å². The van der Waals surface area contributed by atoms with Crippen molar-refractivity contribution in [3.63, 3.8) is 0 Å². The maximum absolute atomic E-state index is 2.57. The summed E-state index contributed by atoms with van der Waals surface area (Å²) < 4.78 is 0. The molecule has 0 nitrogen and oxygen atoms in total. The third-order valence-corrected chi connectivity index (χ3v) is 5.32. The average molecular weight is 222 g/mol. The van der Waals surface area contributed by atoms with Crippen molar-refractivity contribution in [3.05, 3.63) is 0 Å². The van der Waals surface area contributed by atoms with Crippen LogP contribution in [0.5, 0.6) is 0 Å². The second-order valence-electron chi connectivity index (χ2n) is 7.68. The standard InChI is InChI=1S/C16H30/c1-15(2)9-11-16(3,12-10-15)13-14-7-5-4-6-8-14/h14H,4-13H2,1-3H3. The van der Waals surface area contributed by atoms with E-state index >= 15 is 0 Å². The van der Waals surface area contributed by atoms with E-state index in [1.54, 1.807) is 0 Å². The van der Waals surface area contributed by atoms with Gasteiger partial charge in [0, 0.05) is 0 Å². The molecule has 2 rings (SSSR count). The van der Waals surface area contributed by atoms with Gasteiger partial charge in [0.1, 0.15) is 0 Å². The second-order valence-corrected chi connectivity index (χ2v) is 7.68. The second kappa shape index (κ2) is 4.70. The van der Waals surface area contributed by atoms with Gasteiger partial charge in [-0.05, 0) is 48.9 Å². The first-order valence-corrected chi connectivity index (χ1v) is 7.49. The minimum atomic E-state index is 0.631. The summed E-state index contributed by atoms with van der Waals surface area (Å²) in [4.78, 5) is 0. The van der Waals surface area contributed by atoms with Gasteiger partial charge in [-0.1, -0.05) is 52.9 Å². The third kappa shape index (κ3) is 3.25. The van der Waals surface area contributed by atoms with Gasteiger partial charge in [-0.2, -0.15) is 0 Å². The Morgan fingerprint density at radius 2 is 1.38 bits per heavy atom. The Labute approximate surface area is 102 Å². The van der Waals surface area contributed by atoms with E-state index in [4.69, 9.17) is 0 Å². The Balaban J connectivity index is 1.84. The summed E-state index contributed by atoms with van der Waals surface area (Å²) in [5.74, 6) is 1.07. The highest BCUT2D eigenvalue weighted by Crippen LogP contribution is 2.49. The molecule has 0 bridgehead atoms. The van der Waals surface area contributed by atoms with Gasteiger partial charge in [-0.25, -0.2) is 0 Å². The molecule has 0 heteroatoms. The van der Waals surface area contributed by atoms with Gasteiger partial charge >= 0.3 is 0 Å². The van der Waals surface area contributed by atoms with Crippen LogP contribution in [0.25, 0.3) is 0 Å². The predicted octanol–water partition coefficient (Wildman–Crippen LogP) is 5.56. The third-order valence-electron chi connectivity index (χ3n) is 5.32. The number of rotatable bonds is 2. The minimum absolute atomic E-state index is 0.631. The van der Waals surface area contributed by atoms with Crippen LogP contribution in [0, 0.1) is 16.7 Å². The van der Waals surface area contributed by atoms with E-state index in [9.17, 15) is 0 Å². The van der Waals surface area contributed by atoms with Crippen LogP contribution in [-0.2, 0) is 0 Å². The molecule has 2 fully saturated rings. The molecule has 0 radical (unpaired) electrons. The zero-order valence-electron chi connectivity index (χ0n) is 11.6. The summed E-state index contributed by atoms with van der Waals surface area (Å²) in [6.45, 7) is 7.47. The lowest BCUT2D eigenvalue weighted by Crippen LogP contribution is -2.31. The van der Waals surface area contributed by atoms with Gasteiger partial charge in [0.05, 0.1) is 0 Å². The van der Waals surface area contributed by atoms with Crippen LogP contribution >= 0.6 is 0 Å². The van der Waals surface area contributed by atoms with E-state index in [0.29, 0.717) is 10.8 Å². The number of hydrogen-bond acceptors (Lipinski definition) is 0. The topological polar surface area (TPSA) is 0 Å². The van der Waals surface area contributed by atoms with Crippen molar-refractivity contribution < 1.29 is 0 Å². The summed E-state index contributed by atoms with van der Waals surface area (Å²) in [7, 11) is 0. The molecule has 2 aliphatic rings. The predicted molar refractivity (Wildman–Crippen MR) is 71.5 cm³/mol. The molecule has 0 spiro atoms. The van der Waals surface area contributed by atoms with Crippen LogP contribution in [0.3, 0.4) is 0 Å². The van der Waals surface area contributed by atoms with Gasteiger partial charge in [0.25, 0.3) is 0 Å². The molecular formula is C16H30. The van der Waals surface area contributed by atoms with Crippen molar-refractivity contribution in [2.24, 2.45) is 16.7 Å². The summed E-state index contributed by atoms with van der Waals surface area (Å²) in [6, 6.07) is 0. The van der Waals surface area contributed by atoms with Crippen molar-refractivity contribution in [3.8, 4) is 0 Å². The molecule has 0 N–H and O–H groups in total. The summed E-state index contributed by atoms with van der Waals surface area (Å²) in [5, 5.41) is 0. The van der Waals surface area contributed by atoms with Gasteiger partial charge in [0.15, 0.2) is 0 Å². The van der Waals surface area contributed by atoms with Crippen LogP contribution in [0.15, 0.2) is 0 Å². The van der Waals surface area contributed by atoms with Gasteiger partial charge < -0.3 is 0 Å². The minimum Gasteiger partial charge on any atom is -0.0599 e. The molecule has 94 valence electrons. The Bertz CT molecular complexity index is 210. The van der Waals surface area contributed by atoms with Gasteiger partial charge in [-0.3, -0.25) is 0 Å². The SMILES string of the molecule is CC1(C)CCC(C)(CC2CCCCC2)CC1. The maximum atomic E-state index is 2.57. The maximum Gasteiger partial charge on any atom is -0.0323 e. The molecule has 16 heavy (non-hydrogen) atoms. The molecule has 0 unspecified atom stereocenters. The van der Waals surface area contributed by atoms with Crippen LogP contribution in [0.4, 0.5) is 0 Å². The first-order valence-electron chi connectivity index (χ1n) is 7.49. The lowest BCUT2D eigenvalue weighted by atomic mass is 9.62. The van der Waals surface area contributed by atoms with Crippen molar-refractivity contribution in [1.82, 2.24) is 0 Å². The van der Waals surface area contributed by atoms with Crippen LogP contribution in [0.2, 0.25) is 0 Å². The highest BCUT2D eigenvalue weighted by Gasteiger charge is 2.36.